The van der Waals surface area contributed by atoms with Crippen LogP contribution in [0.15, 0.2) is 35.4 Å². The molecule has 0 aliphatic rings. The van der Waals surface area contributed by atoms with Crippen molar-refractivity contribution in [2.75, 3.05) is 12.3 Å². The van der Waals surface area contributed by atoms with E-state index in [2.05, 4.69) is 55.0 Å². The molecule has 0 fully saturated rings. The summed E-state index contributed by atoms with van der Waals surface area (Å²) in [5, 5.41) is 9.49. The maximum absolute atomic E-state index is 4.73. The van der Waals surface area contributed by atoms with Crippen molar-refractivity contribution >= 4 is 11.8 Å². The van der Waals surface area contributed by atoms with Crippen LogP contribution in [0.1, 0.15) is 31.5 Å². The maximum atomic E-state index is 4.73. The summed E-state index contributed by atoms with van der Waals surface area (Å²) in [7, 11) is 0. The first-order valence-electron chi connectivity index (χ1n) is 7.25. The van der Waals surface area contributed by atoms with E-state index in [0.29, 0.717) is 0 Å². The summed E-state index contributed by atoms with van der Waals surface area (Å²) >= 11 is 1.86. The lowest BCUT2D eigenvalue weighted by molar-refractivity contribution is 0.664. The zero-order valence-corrected chi connectivity index (χ0v) is 13.3. The van der Waals surface area contributed by atoms with E-state index in [-0.39, 0.29) is 0 Å². The molecule has 0 saturated heterocycles. The van der Waals surface area contributed by atoms with Crippen LogP contribution in [0.5, 0.6) is 0 Å². The van der Waals surface area contributed by atoms with Crippen LogP contribution in [0, 0.1) is 6.92 Å². The Labute approximate surface area is 125 Å². The van der Waals surface area contributed by atoms with Crippen LogP contribution < -0.4 is 5.32 Å². The third-order valence-electron chi connectivity index (χ3n) is 3.15. The SMILES string of the molecule is CCCNCc1c(C)nn(-c2ccccc2)c1SCC. The van der Waals surface area contributed by atoms with E-state index in [1.165, 1.54) is 10.6 Å². The number of hydrogen-bond acceptors (Lipinski definition) is 3. The maximum Gasteiger partial charge on any atom is 0.105 e. The summed E-state index contributed by atoms with van der Waals surface area (Å²) in [5.41, 5.74) is 3.58. The zero-order chi connectivity index (χ0) is 14.4. The van der Waals surface area contributed by atoms with Gasteiger partial charge in [0.2, 0.25) is 0 Å². The van der Waals surface area contributed by atoms with Crippen molar-refractivity contribution in [2.24, 2.45) is 0 Å². The number of rotatable bonds is 7. The second-order valence-corrected chi connectivity index (χ2v) is 5.98. The molecule has 0 aliphatic carbocycles. The lowest BCUT2D eigenvalue weighted by atomic mass is 10.2. The van der Waals surface area contributed by atoms with Crippen LogP contribution in [-0.2, 0) is 6.54 Å². The summed E-state index contributed by atoms with van der Waals surface area (Å²) in [6, 6.07) is 10.4. The molecule has 20 heavy (non-hydrogen) atoms. The van der Waals surface area contributed by atoms with Crippen molar-refractivity contribution in [1.82, 2.24) is 15.1 Å². The van der Waals surface area contributed by atoms with Gasteiger partial charge in [-0.1, -0.05) is 32.0 Å². The van der Waals surface area contributed by atoms with Gasteiger partial charge in [-0.15, -0.1) is 11.8 Å². The summed E-state index contributed by atoms with van der Waals surface area (Å²) in [6.07, 6.45) is 1.15. The fourth-order valence-corrected chi connectivity index (χ4v) is 3.10. The van der Waals surface area contributed by atoms with E-state index in [0.717, 1.165) is 36.6 Å². The van der Waals surface area contributed by atoms with Gasteiger partial charge in [0.1, 0.15) is 5.03 Å². The average Bonchev–Trinajstić information content (AvgIpc) is 2.78. The van der Waals surface area contributed by atoms with Crippen LogP contribution in [-0.4, -0.2) is 22.1 Å². The average molecular weight is 289 g/mol. The van der Waals surface area contributed by atoms with Gasteiger partial charge in [-0.25, -0.2) is 4.68 Å². The second kappa shape index (κ2) is 7.50. The van der Waals surface area contributed by atoms with Crippen molar-refractivity contribution in [3.8, 4) is 5.69 Å². The molecule has 0 radical (unpaired) electrons. The monoisotopic (exact) mass is 289 g/mol. The van der Waals surface area contributed by atoms with Gasteiger partial charge < -0.3 is 5.32 Å². The highest BCUT2D eigenvalue weighted by atomic mass is 32.2. The molecule has 4 heteroatoms. The van der Waals surface area contributed by atoms with Crippen LogP contribution in [0.4, 0.5) is 0 Å². The Morgan fingerprint density at radius 2 is 1.95 bits per heavy atom. The lowest BCUT2D eigenvalue weighted by Gasteiger charge is -2.09. The normalized spacial score (nSPS) is 10.9. The van der Waals surface area contributed by atoms with E-state index in [9.17, 15) is 0 Å². The number of nitrogens with zero attached hydrogens (tertiary/aromatic N) is 2. The third-order valence-corrected chi connectivity index (χ3v) is 4.13. The summed E-state index contributed by atoms with van der Waals surface area (Å²) in [6.45, 7) is 8.42. The smallest absolute Gasteiger partial charge is 0.105 e. The van der Waals surface area contributed by atoms with Crippen LogP contribution in [0.2, 0.25) is 0 Å². The minimum Gasteiger partial charge on any atom is -0.313 e. The molecular weight excluding hydrogens is 266 g/mol. The quantitative estimate of drug-likeness (QED) is 0.621. The zero-order valence-electron chi connectivity index (χ0n) is 12.5. The van der Waals surface area contributed by atoms with Gasteiger partial charge in [-0.3, -0.25) is 0 Å². The first-order chi connectivity index (χ1) is 9.77. The van der Waals surface area contributed by atoms with Crippen molar-refractivity contribution in [2.45, 2.75) is 38.8 Å². The summed E-state index contributed by atoms with van der Waals surface area (Å²) in [4.78, 5) is 0. The molecule has 1 N–H and O–H groups in total. The number of nitrogens with one attached hydrogen (secondary N) is 1. The highest BCUT2D eigenvalue weighted by Gasteiger charge is 2.15. The van der Waals surface area contributed by atoms with Crippen LogP contribution in [0.3, 0.4) is 0 Å². The number of benzene rings is 1. The molecule has 1 aromatic carbocycles. The fraction of sp³-hybridized carbons (Fsp3) is 0.438. The molecule has 0 unspecified atom stereocenters. The Morgan fingerprint density at radius 1 is 1.20 bits per heavy atom. The lowest BCUT2D eigenvalue weighted by Crippen LogP contribution is -2.14. The Kier molecular flexibility index (Phi) is 5.68. The molecule has 1 aromatic heterocycles. The van der Waals surface area contributed by atoms with Gasteiger partial charge in [-0.05, 0) is 37.8 Å². The molecule has 0 aliphatic heterocycles. The topological polar surface area (TPSA) is 29.9 Å². The predicted molar refractivity (Wildman–Crippen MR) is 86.7 cm³/mol. The van der Waals surface area contributed by atoms with Gasteiger partial charge in [0.15, 0.2) is 0 Å². The van der Waals surface area contributed by atoms with Crippen molar-refractivity contribution < 1.29 is 0 Å². The molecule has 0 bridgehead atoms. The van der Waals surface area contributed by atoms with Gasteiger partial charge in [0, 0.05) is 12.1 Å². The van der Waals surface area contributed by atoms with Gasteiger partial charge in [0.25, 0.3) is 0 Å². The minimum absolute atomic E-state index is 0.898. The molecule has 3 nitrogen and oxygen atoms in total. The predicted octanol–water partition coefficient (Wildman–Crippen LogP) is 3.79. The third kappa shape index (κ3) is 3.44. The molecule has 1 heterocycles. The van der Waals surface area contributed by atoms with E-state index in [1.807, 2.05) is 17.8 Å². The molecule has 2 rings (SSSR count). The highest BCUT2D eigenvalue weighted by molar-refractivity contribution is 7.99. The number of aryl methyl sites for hydroxylation is 1. The van der Waals surface area contributed by atoms with Crippen LogP contribution in [0.25, 0.3) is 5.69 Å². The van der Waals surface area contributed by atoms with Crippen molar-refractivity contribution in [3.63, 3.8) is 0 Å². The van der Waals surface area contributed by atoms with E-state index in [1.54, 1.807) is 0 Å². The number of thioether (sulfide) groups is 1. The first-order valence-corrected chi connectivity index (χ1v) is 8.23. The Morgan fingerprint density at radius 3 is 2.60 bits per heavy atom. The molecule has 108 valence electrons. The van der Waals surface area contributed by atoms with E-state index in [4.69, 9.17) is 5.10 Å². The molecule has 0 atom stereocenters. The van der Waals surface area contributed by atoms with Gasteiger partial charge in [0.05, 0.1) is 11.4 Å². The number of hydrogen-bond donors (Lipinski definition) is 1. The number of aromatic nitrogens is 2. The number of para-hydroxylation sites is 1. The van der Waals surface area contributed by atoms with Gasteiger partial charge >= 0.3 is 0 Å². The molecular formula is C16H23N3S. The molecule has 0 amide bonds. The van der Waals surface area contributed by atoms with Crippen molar-refractivity contribution in [1.29, 1.82) is 0 Å². The van der Waals surface area contributed by atoms with E-state index < -0.39 is 0 Å². The minimum atomic E-state index is 0.898. The Balaban J connectivity index is 2.35. The molecule has 0 saturated carbocycles. The van der Waals surface area contributed by atoms with Crippen molar-refractivity contribution in [3.05, 3.63) is 41.6 Å². The standard InChI is InChI=1S/C16H23N3S/c1-4-11-17-12-15-13(3)18-19(16(15)20-5-2)14-9-7-6-8-10-14/h6-10,17H,4-5,11-12H2,1-3H3. The fourth-order valence-electron chi connectivity index (χ4n) is 2.16. The highest BCUT2D eigenvalue weighted by Crippen LogP contribution is 2.28. The van der Waals surface area contributed by atoms with Crippen LogP contribution >= 0.6 is 11.8 Å². The second-order valence-electron chi connectivity index (χ2n) is 4.73. The largest absolute Gasteiger partial charge is 0.313 e. The summed E-state index contributed by atoms with van der Waals surface area (Å²) < 4.78 is 2.08. The Bertz CT molecular complexity index is 534. The molecule has 2 aromatic rings. The first kappa shape index (κ1) is 15.1. The Hall–Kier alpha value is -1.26. The van der Waals surface area contributed by atoms with E-state index >= 15 is 0 Å². The molecule has 0 spiro atoms. The summed E-state index contributed by atoms with van der Waals surface area (Å²) in [5.74, 6) is 1.05. The van der Waals surface area contributed by atoms with Gasteiger partial charge in [-0.2, -0.15) is 5.10 Å².